The summed E-state index contributed by atoms with van der Waals surface area (Å²) < 4.78 is 45.2. The first-order valence-corrected chi connectivity index (χ1v) is 6.85. The Labute approximate surface area is 116 Å². The lowest BCUT2D eigenvalue weighted by atomic mass is 9.89. The summed E-state index contributed by atoms with van der Waals surface area (Å²) in [6.45, 7) is 3.82. The average molecular weight is 285 g/mol. The summed E-state index contributed by atoms with van der Waals surface area (Å²) in [5.74, 6) is 0.680. The van der Waals surface area contributed by atoms with E-state index in [1.807, 2.05) is 38.1 Å². The van der Waals surface area contributed by atoms with E-state index >= 15 is 0 Å². The number of alkyl halides is 3. The fraction of sp³-hybridized carbons (Fsp3) is 0.600. The molecule has 0 saturated heterocycles. The molecule has 1 fully saturated rings. The van der Waals surface area contributed by atoms with Crippen LogP contribution >= 0.6 is 0 Å². The van der Waals surface area contributed by atoms with Crippen molar-refractivity contribution >= 4 is 0 Å². The maximum atomic E-state index is 13.1. The van der Waals surface area contributed by atoms with E-state index in [4.69, 9.17) is 4.74 Å². The molecule has 1 unspecified atom stereocenters. The van der Waals surface area contributed by atoms with Gasteiger partial charge < -0.3 is 4.74 Å². The minimum Gasteiger partial charge on any atom is -0.487 e. The van der Waals surface area contributed by atoms with Gasteiger partial charge in [0, 0.05) is 18.0 Å². The fourth-order valence-corrected chi connectivity index (χ4v) is 2.90. The molecule has 0 spiro atoms. The van der Waals surface area contributed by atoms with Crippen molar-refractivity contribution in [3.63, 3.8) is 0 Å². The van der Waals surface area contributed by atoms with Crippen LogP contribution < -0.4 is 10.1 Å². The molecule has 1 aromatic rings. The van der Waals surface area contributed by atoms with Gasteiger partial charge >= 0.3 is 6.18 Å². The number of nitrogens with one attached hydrogen (secondary N) is 1. The van der Waals surface area contributed by atoms with Gasteiger partial charge in [0.15, 0.2) is 0 Å². The Hall–Kier alpha value is -1.23. The highest BCUT2D eigenvalue weighted by molar-refractivity contribution is 5.39. The Morgan fingerprint density at radius 3 is 2.45 bits per heavy atom. The number of hydrogen-bond acceptors (Lipinski definition) is 2. The van der Waals surface area contributed by atoms with E-state index in [1.54, 1.807) is 0 Å². The Kier molecular flexibility index (Phi) is 2.84. The second kappa shape index (κ2) is 4.13. The Balaban J connectivity index is 1.90. The fourth-order valence-electron chi connectivity index (χ4n) is 2.90. The molecule has 1 heterocycles. The monoisotopic (exact) mass is 285 g/mol. The zero-order valence-electron chi connectivity index (χ0n) is 11.6. The molecule has 0 amide bonds. The molecule has 1 aliphatic carbocycles. The molecule has 1 aliphatic heterocycles. The van der Waals surface area contributed by atoms with Gasteiger partial charge in [-0.05, 0) is 32.8 Å². The summed E-state index contributed by atoms with van der Waals surface area (Å²) in [5, 5.41) is 2.85. The van der Waals surface area contributed by atoms with E-state index in [-0.39, 0.29) is 18.9 Å². The van der Waals surface area contributed by atoms with Crippen LogP contribution in [-0.4, -0.2) is 17.3 Å². The summed E-state index contributed by atoms with van der Waals surface area (Å²) in [4.78, 5) is 0. The third-order valence-corrected chi connectivity index (χ3v) is 4.12. The van der Waals surface area contributed by atoms with Crippen molar-refractivity contribution in [3.8, 4) is 5.75 Å². The molecule has 0 radical (unpaired) electrons. The van der Waals surface area contributed by atoms with Crippen LogP contribution in [0.1, 0.15) is 44.7 Å². The smallest absolute Gasteiger partial charge is 0.406 e. The highest BCUT2D eigenvalue weighted by atomic mass is 19.4. The van der Waals surface area contributed by atoms with Gasteiger partial charge in [-0.2, -0.15) is 13.2 Å². The van der Waals surface area contributed by atoms with Gasteiger partial charge in [-0.1, -0.05) is 18.2 Å². The molecular weight excluding hydrogens is 267 g/mol. The lowest BCUT2D eigenvalue weighted by molar-refractivity contribution is -0.169. The molecule has 1 saturated carbocycles. The molecule has 3 rings (SSSR count). The van der Waals surface area contributed by atoms with Crippen LogP contribution in [0, 0.1) is 0 Å². The van der Waals surface area contributed by atoms with E-state index in [0.29, 0.717) is 12.2 Å². The number of para-hydroxylation sites is 1. The molecule has 5 heteroatoms. The molecule has 1 N–H and O–H groups in total. The number of benzene rings is 1. The van der Waals surface area contributed by atoms with Crippen LogP contribution in [-0.2, 0) is 0 Å². The summed E-state index contributed by atoms with van der Waals surface area (Å²) in [5.41, 5.74) is -1.34. The molecular formula is C15H18F3NO. The van der Waals surface area contributed by atoms with Crippen LogP contribution in [0.3, 0.4) is 0 Å². The third-order valence-electron chi connectivity index (χ3n) is 4.12. The van der Waals surface area contributed by atoms with E-state index in [2.05, 4.69) is 5.32 Å². The van der Waals surface area contributed by atoms with Gasteiger partial charge in [-0.25, -0.2) is 0 Å². The van der Waals surface area contributed by atoms with Crippen molar-refractivity contribution in [2.45, 2.75) is 56.5 Å². The number of hydrogen-bond donors (Lipinski definition) is 1. The van der Waals surface area contributed by atoms with Crippen LogP contribution in [0.15, 0.2) is 24.3 Å². The summed E-state index contributed by atoms with van der Waals surface area (Å²) in [6.07, 6.45) is -3.33. The normalized spacial score (nSPS) is 26.6. The van der Waals surface area contributed by atoms with Crippen molar-refractivity contribution in [3.05, 3.63) is 29.8 Å². The minimum absolute atomic E-state index is 0.163. The number of halogens is 3. The van der Waals surface area contributed by atoms with Crippen molar-refractivity contribution in [1.29, 1.82) is 0 Å². The first kappa shape index (κ1) is 13.7. The topological polar surface area (TPSA) is 21.3 Å². The Bertz CT molecular complexity index is 520. The lowest BCUT2D eigenvalue weighted by Crippen LogP contribution is -2.49. The van der Waals surface area contributed by atoms with Crippen molar-refractivity contribution in [1.82, 2.24) is 5.32 Å². The average Bonchev–Trinajstić information content (AvgIpc) is 3.08. The van der Waals surface area contributed by atoms with Crippen molar-refractivity contribution in [2.75, 3.05) is 0 Å². The predicted molar refractivity (Wildman–Crippen MR) is 69.7 cm³/mol. The predicted octanol–water partition coefficient (Wildman–Crippen LogP) is 3.97. The molecule has 0 aromatic heterocycles. The van der Waals surface area contributed by atoms with E-state index in [9.17, 15) is 13.2 Å². The number of rotatable bonds is 2. The zero-order chi connectivity index (χ0) is 14.6. The molecule has 1 aromatic carbocycles. The zero-order valence-corrected chi connectivity index (χ0v) is 11.6. The van der Waals surface area contributed by atoms with Crippen LogP contribution in [0.4, 0.5) is 13.2 Å². The largest absolute Gasteiger partial charge is 0.487 e. The first-order chi connectivity index (χ1) is 9.23. The Morgan fingerprint density at radius 2 is 1.85 bits per heavy atom. The molecule has 2 nitrogen and oxygen atoms in total. The van der Waals surface area contributed by atoms with Crippen molar-refractivity contribution < 1.29 is 17.9 Å². The highest BCUT2D eigenvalue weighted by Crippen LogP contribution is 2.52. The Morgan fingerprint density at radius 1 is 1.20 bits per heavy atom. The molecule has 110 valence electrons. The van der Waals surface area contributed by atoms with Gasteiger partial charge in [0.05, 0.1) is 0 Å². The molecule has 20 heavy (non-hydrogen) atoms. The maximum absolute atomic E-state index is 13.1. The summed E-state index contributed by atoms with van der Waals surface area (Å²) in [7, 11) is 0. The summed E-state index contributed by atoms with van der Waals surface area (Å²) >= 11 is 0. The SMILES string of the molecule is CC1(C)CC(NC2(C(F)(F)F)CC2)c2ccccc2O1. The van der Waals surface area contributed by atoms with Crippen LogP contribution in [0.2, 0.25) is 0 Å². The van der Waals surface area contributed by atoms with Gasteiger partial charge in [-0.3, -0.25) is 5.32 Å². The molecule has 0 bridgehead atoms. The van der Waals surface area contributed by atoms with E-state index in [1.165, 1.54) is 0 Å². The summed E-state index contributed by atoms with van der Waals surface area (Å²) in [6, 6.07) is 7.02. The molecule has 1 atom stereocenters. The lowest BCUT2D eigenvalue weighted by Gasteiger charge is -2.39. The second-order valence-corrected chi connectivity index (χ2v) is 6.38. The standard InChI is InChI=1S/C15H18F3NO/c1-13(2)9-11(10-5-3-4-6-12(10)20-13)19-14(7-8-14)15(16,17)18/h3-6,11,19H,7-9H2,1-2H3. The maximum Gasteiger partial charge on any atom is 0.406 e. The van der Waals surface area contributed by atoms with Crippen molar-refractivity contribution in [2.24, 2.45) is 0 Å². The van der Waals surface area contributed by atoms with Gasteiger partial charge in [-0.15, -0.1) is 0 Å². The van der Waals surface area contributed by atoms with Crippen LogP contribution in [0.25, 0.3) is 0 Å². The first-order valence-electron chi connectivity index (χ1n) is 6.85. The highest BCUT2D eigenvalue weighted by Gasteiger charge is 2.64. The minimum atomic E-state index is -4.19. The van der Waals surface area contributed by atoms with E-state index in [0.717, 1.165) is 5.56 Å². The quantitative estimate of drug-likeness (QED) is 0.887. The van der Waals surface area contributed by atoms with Crippen LogP contribution in [0.5, 0.6) is 5.75 Å². The van der Waals surface area contributed by atoms with Gasteiger partial charge in [0.1, 0.15) is 16.9 Å². The second-order valence-electron chi connectivity index (χ2n) is 6.38. The number of fused-ring (bicyclic) bond motifs is 1. The van der Waals surface area contributed by atoms with E-state index < -0.39 is 17.3 Å². The molecule has 2 aliphatic rings. The third kappa shape index (κ3) is 2.28. The van der Waals surface area contributed by atoms with Gasteiger partial charge in [0.2, 0.25) is 0 Å². The van der Waals surface area contributed by atoms with Gasteiger partial charge in [0.25, 0.3) is 0 Å². The number of ether oxygens (including phenoxy) is 1.